The molecular formula is C30H34N6O4S. The number of anilines is 1. The second-order valence-corrected chi connectivity index (χ2v) is 12.5. The average molecular weight is 575 g/mol. The molecule has 10 nitrogen and oxygen atoms in total. The predicted octanol–water partition coefficient (Wildman–Crippen LogP) is 4.74. The van der Waals surface area contributed by atoms with Crippen LogP contribution in [0.3, 0.4) is 0 Å². The molecule has 5 rings (SSSR count). The highest BCUT2D eigenvalue weighted by Crippen LogP contribution is 2.30. The van der Waals surface area contributed by atoms with E-state index in [2.05, 4.69) is 33.6 Å². The molecule has 1 amide bonds. The Kier molecular flexibility index (Phi) is 7.81. The monoisotopic (exact) mass is 574 g/mol. The zero-order valence-electron chi connectivity index (χ0n) is 23.8. The minimum atomic E-state index is -4.12. The zero-order chi connectivity index (χ0) is 29.3. The second-order valence-electron chi connectivity index (χ2n) is 10.8. The largest absolute Gasteiger partial charge is 0.475 e. The second kappa shape index (κ2) is 11.3. The standard InChI is InChI=1S/C30H34N6O4S/c1-19(2)14-24-18-40-27-16-26(28-20(3)8-6-9-21(28)4)31-30(32-27)34-41(38,39)25-11-7-10-22(15-25)29(37)36(24)17-23-12-13-35(5)33-23/h6-13,15-16,19,24H,14,17-18H2,1-5H3,(H,31,32,34)/t24-/m1/s1. The lowest BCUT2D eigenvalue weighted by atomic mass is 10.00. The van der Waals surface area contributed by atoms with Gasteiger partial charge in [-0.2, -0.15) is 10.1 Å². The minimum Gasteiger partial charge on any atom is -0.475 e. The molecule has 11 heteroatoms. The first-order chi connectivity index (χ1) is 19.5. The van der Waals surface area contributed by atoms with Crippen LogP contribution in [-0.4, -0.2) is 51.6 Å². The van der Waals surface area contributed by atoms with Crippen LogP contribution < -0.4 is 9.46 Å². The third kappa shape index (κ3) is 6.25. The van der Waals surface area contributed by atoms with Gasteiger partial charge in [-0.15, -0.1) is 0 Å². The zero-order valence-corrected chi connectivity index (χ0v) is 24.6. The van der Waals surface area contributed by atoms with Crippen LogP contribution in [0, 0.1) is 19.8 Å². The van der Waals surface area contributed by atoms with Gasteiger partial charge in [0.15, 0.2) is 0 Å². The van der Waals surface area contributed by atoms with Crippen molar-refractivity contribution in [2.45, 2.75) is 51.6 Å². The Labute approximate surface area is 240 Å². The van der Waals surface area contributed by atoms with Gasteiger partial charge in [-0.3, -0.25) is 9.48 Å². The maximum Gasteiger partial charge on any atom is 0.264 e. The van der Waals surface area contributed by atoms with E-state index in [9.17, 15) is 13.2 Å². The van der Waals surface area contributed by atoms with Crippen molar-refractivity contribution in [1.82, 2.24) is 24.6 Å². The van der Waals surface area contributed by atoms with Crippen LogP contribution in [0.4, 0.5) is 5.95 Å². The average Bonchev–Trinajstić information content (AvgIpc) is 3.33. The van der Waals surface area contributed by atoms with Crippen molar-refractivity contribution in [2.75, 3.05) is 11.3 Å². The fourth-order valence-corrected chi connectivity index (χ4v) is 6.12. The third-order valence-corrected chi connectivity index (χ3v) is 8.35. The van der Waals surface area contributed by atoms with Crippen LogP contribution in [0.1, 0.15) is 47.4 Å². The molecule has 0 saturated carbocycles. The normalized spacial score (nSPS) is 16.8. The highest BCUT2D eigenvalue weighted by atomic mass is 32.2. The highest BCUT2D eigenvalue weighted by Gasteiger charge is 2.29. The van der Waals surface area contributed by atoms with Crippen LogP contribution in [0.15, 0.2) is 65.7 Å². The number of rotatable bonds is 5. The molecule has 2 aromatic carbocycles. The number of carbonyl (C=O) groups is 1. The van der Waals surface area contributed by atoms with Crippen LogP contribution in [0.5, 0.6) is 5.88 Å². The fraction of sp³-hybridized carbons (Fsp3) is 0.333. The van der Waals surface area contributed by atoms with E-state index in [-0.39, 0.29) is 53.3 Å². The molecule has 4 aromatic rings. The molecule has 1 atom stereocenters. The van der Waals surface area contributed by atoms with Gasteiger partial charge in [0, 0.05) is 30.4 Å². The molecule has 0 unspecified atom stereocenters. The van der Waals surface area contributed by atoms with Gasteiger partial charge in [0.25, 0.3) is 15.9 Å². The summed E-state index contributed by atoms with van der Waals surface area (Å²) in [7, 11) is -2.30. The summed E-state index contributed by atoms with van der Waals surface area (Å²) >= 11 is 0. The van der Waals surface area contributed by atoms with Crippen LogP contribution in [0.25, 0.3) is 11.3 Å². The maximum absolute atomic E-state index is 14.0. The van der Waals surface area contributed by atoms with Gasteiger partial charge in [-0.1, -0.05) is 38.1 Å². The molecule has 0 spiro atoms. The number of aromatic nitrogens is 4. The minimum absolute atomic E-state index is 0.0654. The first-order valence-corrected chi connectivity index (χ1v) is 15.0. The highest BCUT2D eigenvalue weighted by molar-refractivity contribution is 7.92. The molecule has 0 aliphatic carbocycles. The molecule has 0 radical (unpaired) electrons. The molecule has 0 fully saturated rings. The number of ether oxygens (including phenoxy) is 1. The van der Waals surface area contributed by atoms with E-state index >= 15 is 0 Å². The number of nitrogens with one attached hydrogen (secondary N) is 1. The van der Waals surface area contributed by atoms with Crippen molar-refractivity contribution in [3.63, 3.8) is 0 Å². The van der Waals surface area contributed by atoms with Crippen molar-refractivity contribution in [3.05, 3.63) is 83.2 Å². The Morgan fingerprint density at radius 3 is 2.46 bits per heavy atom. The maximum atomic E-state index is 14.0. The predicted molar refractivity (Wildman–Crippen MR) is 156 cm³/mol. The molecule has 4 bridgehead atoms. The Bertz CT molecular complexity index is 1680. The summed E-state index contributed by atoms with van der Waals surface area (Å²) in [6, 6.07) is 15.2. The van der Waals surface area contributed by atoms with Gasteiger partial charge in [0.05, 0.1) is 28.9 Å². The fourth-order valence-electron chi connectivity index (χ4n) is 5.13. The van der Waals surface area contributed by atoms with Crippen LogP contribution >= 0.6 is 0 Å². The molecule has 0 saturated heterocycles. The number of sulfonamides is 1. The molecule has 214 valence electrons. The quantitative estimate of drug-likeness (QED) is 0.366. The summed E-state index contributed by atoms with van der Waals surface area (Å²) in [6.45, 7) is 8.50. The van der Waals surface area contributed by atoms with E-state index in [1.807, 2.05) is 51.4 Å². The molecule has 1 aliphatic heterocycles. The Balaban J connectivity index is 1.67. The summed E-state index contributed by atoms with van der Waals surface area (Å²) in [4.78, 5) is 24.7. The number of fused-ring (bicyclic) bond motifs is 4. The van der Waals surface area contributed by atoms with E-state index in [0.717, 1.165) is 16.7 Å². The van der Waals surface area contributed by atoms with Crippen LogP contribution in [0.2, 0.25) is 0 Å². The number of carbonyl (C=O) groups excluding carboxylic acids is 1. The number of benzene rings is 2. The van der Waals surface area contributed by atoms with Gasteiger partial charge in [0.1, 0.15) is 6.61 Å². The Hall–Kier alpha value is -4.25. The Morgan fingerprint density at radius 2 is 1.78 bits per heavy atom. The first kappa shape index (κ1) is 28.3. The van der Waals surface area contributed by atoms with Gasteiger partial charge in [0.2, 0.25) is 11.8 Å². The van der Waals surface area contributed by atoms with Crippen molar-refractivity contribution in [1.29, 1.82) is 0 Å². The lowest BCUT2D eigenvalue weighted by molar-refractivity contribution is 0.0549. The molecule has 2 aromatic heterocycles. The number of hydrogen-bond acceptors (Lipinski definition) is 7. The van der Waals surface area contributed by atoms with E-state index in [1.54, 1.807) is 27.8 Å². The van der Waals surface area contributed by atoms with E-state index < -0.39 is 10.0 Å². The summed E-state index contributed by atoms with van der Waals surface area (Å²) in [5.41, 5.74) is 4.34. The molecular weight excluding hydrogens is 540 g/mol. The van der Waals surface area contributed by atoms with Gasteiger partial charge >= 0.3 is 0 Å². The van der Waals surface area contributed by atoms with E-state index in [1.165, 1.54) is 12.1 Å². The van der Waals surface area contributed by atoms with Crippen LogP contribution in [-0.2, 0) is 23.6 Å². The lowest BCUT2D eigenvalue weighted by Crippen LogP contribution is -2.44. The van der Waals surface area contributed by atoms with Crippen molar-refractivity contribution < 1.29 is 17.9 Å². The number of amides is 1. The van der Waals surface area contributed by atoms with E-state index in [4.69, 9.17) is 4.74 Å². The first-order valence-electron chi connectivity index (χ1n) is 13.5. The third-order valence-electron chi connectivity index (χ3n) is 7.03. The van der Waals surface area contributed by atoms with E-state index in [0.29, 0.717) is 17.8 Å². The summed E-state index contributed by atoms with van der Waals surface area (Å²) in [6.07, 6.45) is 2.47. The molecule has 41 heavy (non-hydrogen) atoms. The number of aryl methyl sites for hydroxylation is 3. The topological polar surface area (TPSA) is 119 Å². The SMILES string of the molecule is Cc1cccc(C)c1-c1cc2nc(n1)NS(=O)(=O)c1cccc(c1)C(=O)N(Cc1ccn(C)n1)[C@H](CC(C)C)CO2. The lowest BCUT2D eigenvalue weighted by Gasteiger charge is -2.32. The van der Waals surface area contributed by atoms with Crippen molar-refractivity contribution in [2.24, 2.45) is 13.0 Å². The summed E-state index contributed by atoms with van der Waals surface area (Å²) in [5, 5.41) is 4.49. The smallest absolute Gasteiger partial charge is 0.264 e. The molecule has 3 heterocycles. The molecule has 1 N–H and O–H groups in total. The van der Waals surface area contributed by atoms with Gasteiger partial charge in [-0.05, 0) is 61.6 Å². The van der Waals surface area contributed by atoms with Crippen molar-refractivity contribution in [3.8, 4) is 17.1 Å². The summed E-state index contributed by atoms with van der Waals surface area (Å²) in [5.74, 6) is 0.0373. The van der Waals surface area contributed by atoms with Gasteiger partial charge < -0.3 is 9.64 Å². The molecule has 1 aliphatic rings. The van der Waals surface area contributed by atoms with Crippen molar-refractivity contribution >= 4 is 21.9 Å². The Morgan fingerprint density at radius 1 is 1.05 bits per heavy atom. The summed E-state index contributed by atoms with van der Waals surface area (Å²) < 4.78 is 37.4. The van der Waals surface area contributed by atoms with Gasteiger partial charge in [-0.25, -0.2) is 18.1 Å². The number of hydrogen-bond donors (Lipinski definition) is 1. The number of nitrogens with zero attached hydrogens (tertiary/aromatic N) is 5.